The maximum absolute atomic E-state index is 11.1. The zero-order chi connectivity index (χ0) is 11.8. The van der Waals surface area contributed by atoms with E-state index in [2.05, 4.69) is 11.1 Å². The Morgan fingerprint density at radius 1 is 1.56 bits per heavy atom. The molecule has 1 fully saturated rings. The molecule has 16 heavy (non-hydrogen) atoms. The number of nitrogens with zero attached hydrogens (tertiary/aromatic N) is 2. The number of halogens is 1. The van der Waals surface area contributed by atoms with Gasteiger partial charge in [-0.25, -0.2) is 4.98 Å². The van der Waals surface area contributed by atoms with Crippen LogP contribution >= 0.6 is 11.6 Å². The Kier molecular flexibility index (Phi) is 2.56. The molecule has 0 amide bonds. The van der Waals surface area contributed by atoms with Crippen LogP contribution in [0.1, 0.15) is 18.4 Å². The number of rotatable bonds is 2. The van der Waals surface area contributed by atoms with Crippen LogP contribution in [0.2, 0.25) is 5.15 Å². The molecule has 0 N–H and O–H groups in total. The Labute approximate surface area is 97.8 Å². The van der Waals surface area contributed by atoms with Crippen molar-refractivity contribution in [3.8, 4) is 11.9 Å². The van der Waals surface area contributed by atoms with Gasteiger partial charge in [0.25, 0.3) is 0 Å². The molecule has 0 unspecified atom stereocenters. The zero-order valence-corrected chi connectivity index (χ0v) is 9.41. The Hall–Kier alpha value is -1.60. The summed E-state index contributed by atoms with van der Waals surface area (Å²) in [5, 5.41) is 9.48. The molecule has 0 spiro atoms. The Morgan fingerprint density at radius 2 is 2.25 bits per heavy atom. The van der Waals surface area contributed by atoms with Crippen LogP contribution in [-0.2, 0) is 10.2 Å². The monoisotopic (exact) mass is 236 g/mol. The molecule has 1 aliphatic rings. The van der Waals surface area contributed by atoms with Gasteiger partial charge >= 0.3 is 0 Å². The molecule has 0 aliphatic heterocycles. The fourth-order valence-electron chi connectivity index (χ4n) is 1.89. The fourth-order valence-corrected chi connectivity index (χ4v) is 2.03. The molecule has 1 aromatic rings. The predicted molar refractivity (Wildman–Crippen MR) is 57.3 cm³/mol. The lowest BCUT2D eigenvalue weighted by atomic mass is 9.65. The normalized spacial score (nSPS) is 17.4. The van der Waals surface area contributed by atoms with Crippen molar-refractivity contribution in [1.29, 1.82) is 5.26 Å². The first-order chi connectivity index (χ1) is 7.61. The molecule has 0 bridgehead atoms. The largest absolute Gasteiger partial charge is 0.481 e. The van der Waals surface area contributed by atoms with Gasteiger partial charge in [0.05, 0.1) is 13.2 Å². The van der Waals surface area contributed by atoms with Gasteiger partial charge in [-0.05, 0) is 12.1 Å². The van der Waals surface area contributed by atoms with E-state index < -0.39 is 5.41 Å². The van der Waals surface area contributed by atoms with E-state index in [-0.39, 0.29) is 18.6 Å². The number of aromatic nitrogens is 1. The van der Waals surface area contributed by atoms with Crippen LogP contribution in [0.15, 0.2) is 12.1 Å². The first-order valence-corrected chi connectivity index (χ1v) is 5.13. The number of hydrogen-bond donors (Lipinski definition) is 0. The van der Waals surface area contributed by atoms with E-state index >= 15 is 0 Å². The highest BCUT2D eigenvalue weighted by Crippen LogP contribution is 2.44. The summed E-state index contributed by atoms with van der Waals surface area (Å²) in [5.41, 5.74) is -0.137. The smallest absolute Gasteiger partial charge is 0.219 e. The summed E-state index contributed by atoms with van der Waals surface area (Å²) in [5.74, 6) is 0.403. The van der Waals surface area contributed by atoms with E-state index in [1.54, 1.807) is 12.1 Å². The Morgan fingerprint density at radius 3 is 2.75 bits per heavy atom. The van der Waals surface area contributed by atoms with Crippen molar-refractivity contribution in [3.63, 3.8) is 0 Å². The number of methoxy groups -OCH3 is 1. The number of nitriles is 1. The van der Waals surface area contributed by atoms with Crippen LogP contribution in [-0.4, -0.2) is 17.9 Å². The standard InChI is InChI=1S/C11H9ClN2O2/c1-16-10-8(2-3-9(12)14-10)11(6-13)4-7(15)5-11/h2-3H,4-5H2,1H3. The van der Waals surface area contributed by atoms with E-state index in [0.29, 0.717) is 16.6 Å². The molecule has 0 radical (unpaired) electrons. The first-order valence-electron chi connectivity index (χ1n) is 4.75. The third-order valence-corrected chi connectivity index (χ3v) is 2.96. The van der Waals surface area contributed by atoms with Crippen LogP contribution < -0.4 is 4.74 Å². The molecule has 5 heteroatoms. The molecule has 0 aromatic carbocycles. The topological polar surface area (TPSA) is 63.0 Å². The van der Waals surface area contributed by atoms with E-state index in [9.17, 15) is 10.1 Å². The average Bonchev–Trinajstić information content (AvgIpc) is 2.24. The second-order valence-corrected chi connectivity index (χ2v) is 4.16. The quantitative estimate of drug-likeness (QED) is 0.736. The van der Waals surface area contributed by atoms with Crippen molar-refractivity contribution < 1.29 is 9.53 Å². The summed E-state index contributed by atoms with van der Waals surface area (Å²) < 4.78 is 5.09. The lowest BCUT2D eigenvalue weighted by Crippen LogP contribution is -2.40. The summed E-state index contributed by atoms with van der Waals surface area (Å²) in [4.78, 5) is 15.1. The Bertz CT molecular complexity index is 485. The van der Waals surface area contributed by atoms with Crippen molar-refractivity contribution in [2.24, 2.45) is 0 Å². The van der Waals surface area contributed by atoms with Gasteiger partial charge in [-0.1, -0.05) is 11.6 Å². The molecule has 0 atom stereocenters. The molecular weight excluding hydrogens is 228 g/mol. The average molecular weight is 237 g/mol. The minimum absolute atomic E-state index is 0.0820. The molecule has 1 aliphatic carbocycles. The second kappa shape index (κ2) is 3.76. The number of carbonyl (C=O) groups is 1. The van der Waals surface area contributed by atoms with Gasteiger partial charge in [0.2, 0.25) is 5.88 Å². The molecule has 2 rings (SSSR count). The van der Waals surface area contributed by atoms with Crippen LogP contribution in [0.5, 0.6) is 5.88 Å². The summed E-state index contributed by atoms with van der Waals surface area (Å²) >= 11 is 5.74. The SMILES string of the molecule is COc1nc(Cl)ccc1C1(C#N)CC(=O)C1. The van der Waals surface area contributed by atoms with Gasteiger partial charge in [0.15, 0.2) is 0 Å². The predicted octanol–water partition coefficient (Wildman–Crippen LogP) is 1.87. The highest BCUT2D eigenvalue weighted by Gasteiger charge is 2.47. The third kappa shape index (κ3) is 1.54. The fraction of sp³-hybridized carbons (Fsp3) is 0.364. The van der Waals surface area contributed by atoms with Crippen LogP contribution in [0.25, 0.3) is 0 Å². The van der Waals surface area contributed by atoms with Gasteiger partial charge in [-0.15, -0.1) is 0 Å². The van der Waals surface area contributed by atoms with Gasteiger partial charge in [-0.2, -0.15) is 5.26 Å². The lowest BCUT2D eigenvalue weighted by molar-refractivity contribution is -0.126. The summed E-state index contributed by atoms with van der Waals surface area (Å²) in [6.07, 6.45) is 0.451. The highest BCUT2D eigenvalue weighted by molar-refractivity contribution is 6.29. The lowest BCUT2D eigenvalue weighted by Gasteiger charge is -2.34. The molecule has 1 saturated carbocycles. The van der Waals surface area contributed by atoms with Gasteiger partial charge < -0.3 is 4.74 Å². The summed E-state index contributed by atoms with van der Waals surface area (Å²) in [7, 11) is 1.47. The number of hydrogen-bond acceptors (Lipinski definition) is 4. The van der Waals surface area contributed by atoms with Crippen LogP contribution in [0, 0.1) is 11.3 Å². The van der Waals surface area contributed by atoms with Crippen molar-refractivity contribution in [2.45, 2.75) is 18.3 Å². The maximum Gasteiger partial charge on any atom is 0.219 e. The van der Waals surface area contributed by atoms with Crippen molar-refractivity contribution in [1.82, 2.24) is 4.98 Å². The molecular formula is C11H9ClN2O2. The number of pyridine rings is 1. The van der Waals surface area contributed by atoms with E-state index in [0.717, 1.165) is 0 Å². The molecule has 1 aromatic heterocycles. The van der Waals surface area contributed by atoms with Gasteiger partial charge in [0, 0.05) is 18.4 Å². The number of ketones is 1. The molecule has 1 heterocycles. The summed E-state index contributed by atoms with van der Waals surface area (Å²) in [6, 6.07) is 5.47. The van der Waals surface area contributed by atoms with E-state index in [1.807, 2.05) is 0 Å². The highest BCUT2D eigenvalue weighted by atomic mass is 35.5. The Balaban J connectivity index is 2.48. The minimum atomic E-state index is -0.778. The van der Waals surface area contributed by atoms with Crippen molar-refractivity contribution in [3.05, 3.63) is 22.8 Å². The summed E-state index contributed by atoms with van der Waals surface area (Å²) in [6.45, 7) is 0. The van der Waals surface area contributed by atoms with E-state index in [1.165, 1.54) is 7.11 Å². The van der Waals surface area contributed by atoms with Gasteiger partial charge in [-0.3, -0.25) is 4.79 Å². The maximum atomic E-state index is 11.1. The van der Waals surface area contributed by atoms with Gasteiger partial charge in [0.1, 0.15) is 16.4 Å². The minimum Gasteiger partial charge on any atom is -0.481 e. The first kappa shape index (κ1) is 10.9. The zero-order valence-electron chi connectivity index (χ0n) is 8.66. The van der Waals surface area contributed by atoms with Crippen molar-refractivity contribution in [2.75, 3.05) is 7.11 Å². The third-order valence-electron chi connectivity index (χ3n) is 2.75. The molecule has 4 nitrogen and oxygen atoms in total. The molecule has 0 saturated heterocycles. The number of ether oxygens (including phenoxy) is 1. The van der Waals surface area contributed by atoms with E-state index in [4.69, 9.17) is 16.3 Å². The second-order valence-electron chi connectivity index (χ2n) is 3.78. The number of Topliss-reactive ketones (excluding diaryl/α,β-unsaturated/α-hetero) is 1. The number of carbonyl (C=O) groups excluding carboxylic acids is 1. The van der Waals surface area contributed by atoms with Crippen molar-refractivity contribution >= 4 is 17.4 Å². The van der Waals surface area contributed by atoms with Crippen LogP contribution in [0.3, 0.4) is 0 Å². The molecule has 82 valence electrons. The van der Waals surface area contributed by atoms with Crippen LogP contribution in [0.4, 0.5) is 0 Å².